The van der Waals surface area contributed by atoms with Gasteiger partial charge in [-0.05, 0) is 31.5 Å². The summed E-state index contributed by atoms with van der Waals surface area (Å²) in [5.74, 6) is -0.0604. The van der Waals surface area contributed by atoms with Gasteiger partial charge in [0.25, 0.3) is 0 Å². The Bertz CT molecular complexity index is 408. The number of phenols is 1. The molecule has 3 nitrogen and oxygen atoms in total. The van der Waals surface area contributed by atoms with Gasteiger partial charge in [0.15, 0.2) is 0 Å². The first-order chi connectivity index (χ1) is 8.09. The molecule has 0 aromatic heterocycles. The molecule has 0 aliphatic carbocycles. The lowest BCUT2D eigenvalue weighted by atomic mass is 10.0. The third kappa shape index (κ3) is 3.13. The maximum absolute atomic E-state index is 13.4. The molecule has 0 bridgehead atoms. The molecule has 102 valence electrons. The van der Waals surface area contributed by atoms with Crippen LogP contribution in [0.4, 0.5) is 4.39 Å². The van der Waals surface area contributed by atoms with Crippen molar-refractivity contribution in [2.75, 3.05) is 26.2 Å². The number of rotatable bonds is 2. The number of nitrogens with zero attached hydrogens (tertiary/aromatic N) is 1. The van der Waals surface area contributed by atoms with E-state index >= 15 is 0 Å². The molecular weight excluding hydrogens is 255 g/mol. The van der Waals surface area contributed by atoms with E-state index in [-0.39, 0.29) is 30.0 Å². The van der Waals surface area contributed by atoms with E-state index in [9.17, 15) is 9.50 Å². The van der Waals surface area contributed by atoms with Crippen molar-refractivity contribution in [1.29, 1.82) is 0 Å². The van der Waals surface area contributed by atoms with Gasteiger partial charge >= 0.3 is 0 Å². The van der Waals surface area contributed by atoms with Gasteiger partial charge in [-0.3, -0.25) is 4.90 Å². The molecule has 1 atom stereocenters. The zero-order valence-corrected chi connectivity index (χ0v) is 11.6. The summed E-state index contributed by atoms with van der Waals surface area (Å²) >= 11 is 0. The second-order valence-electron chi connectivity index (χ2n) is 4.62. The fourth-order valence-electron chi connectivity index (χ4n) is 2.35. The van der Waals surface area contributed by atoms with Gasteiger partial charge in [0.05, 0.1) is 0 Å². The Kier molecular flexibility index (Phi) is 5.38. The van der Waals surface area contributed by atoms with Crippen LogP contribution in [0.3, 0.4) is 0 Å². The van der Waals surface area contributed by atoms with Gasteiger partial charge in [-0.15, -0.1) is 12.4 Å². The lowest BCUT2D eigenvalue weighted by molar-refractivity contribution is 0.182. The summed E-state index contributed by atoms with van der Waals surface area (Å²) < 4.78 is 13.4. The molecule has 0 spiro atoms. The Morgan fingerprint density at radius 3 is 2.56 bits per heavy atom. The number of piperazine rings is 1. The molecule has 1 heterocycles. The third-order valence-corrected chi connectivity index (χ3v) is 3.44. The molecule has 0 unspecified atom stereocenters. The summed E-state index contributed by atoms with van der Waals surface area (Å²) in [5, 5.41) is 13.3. The molecule has 1 aromatic carbocycles. The van der Waals surface area contributed by atoms with Crippen LogP contribution in [-0.2, 0) is 0 Å². The van der Waals surface area contributed by atoms with Crippen molar-refractivity contribution in [2.45, 2.75) is 19.9 Å². The Balaban J connectivity index is 0.00000162. The number of hydrogen-bond acceptors (Lipinski definition) is 3. The average molecular weight is 275 g/mol. The van der Waals surface area contributed by atoms with Crippen LogP contribution in [0.15, 0.2) is 12.1 Å². The lowest BCUT2D eigenvalue weighted by Gasteiger charge is -2.33. The first-order valence-corrected chi connectivity index (χ1v) is 6.03. The van der Waals surface area contributed by atoms with E-state index in [0.717, 1.165) is 26.2 Å². The zero-order valence-electron chi connectivity index (χ0n) is 10.7. The molecule has 1 fully saturated rings. The van der Waals surface area contributed by atoms with Gasteiger partial charge in [0, 0.05) is 37.8 Å². The van der Waals surface area contributed by atoms with Crippen LogP contribution in [0.2, 0.25) is 0 Å². The number of aryl methyl sites for hydroxylation is 1. The van der Waals surface area contributed by atoms with E-state index in [2.05, 4.69) is 10.2 Å². The molecule has 0 amide bonds. The highest BCUT2D eigenvalue weighted by molar-refractivity contribution is 5.85. The Labute approximate surface area is 113 Å². The van der Waals surface area contributed by atoms with Crippen LogP contribution < -0.4 is 5.32 Å². The van der Waals surface area contributed by atoms with E-state index in [1.807, 2.05) is 6.92 Å². The van der Waals surface area contributed by atoms with Crippen molar-refractivity contribution in [1.82, 2.24) is 10.2 Å². The number of nitrogens with one attached hydrogen (secondary N) is 1. The minimum atomic E-state index is -0.280. The Morgan fingerprint density at radius 1 is 1.33 bits per heavy atom. The van der Waals surface area contributed by atoms with E-state index < -0.39 is 0 Å². The van der Waals surface area contributed by atoms with Crippen molar-refractivity contribution >= 4 is 12.4 Å². The topological polar surface area (TPSA) is 35.5 Å². The fourth-order valence-corrected chi connectivity index (χ4v) is 2.35. The summed E-state index contributed by atoms with van der Waals surface area (Å²) in [7, 11) is 0. The summed E-state index contributed by atoms with van der Waals surface area (Å²) in [6, 6.07) is 2.85. The van der Waals surface area contributed by atoms with Gasteiger partial charge in [-0.25, -0.2) is 4.39 Å². The highest BCUT2D eigenvalue weighted by Gasteiger charge is 2.21. The number of benzene rings is 1. The van der Waals surface area contributed by atoms with Crippen LogP contribution in [-0.4, -0.2) is 36.2 Å². The average Bonchev–Trinajstić information content (AvgIpc) is 2.34. The quantitative estimate of drug-likeness (QED) is 0.868. The minimum absolute atomic E-state index is 0. The zero-order chi connectivity index (χ0) is 12.4. The summed E-state index contributed by atoms with van der Waals surface area (Å²) in [6.45, 7) is 7.48. The van der Waals surface area contributed by atoms with Gasteiger partial charge in [0.2, 0.25) is 0 Å². The predicted molar refractivity (Wildman–Crippen MR) is 72.9 cm³/mol. The van der Waals surface area contributed by atoms with E-state index in [4.69, 9.17) is 0 Å². The van der Waals surface area contributed by atoms with Crippen LogP contribution >= 0.6 is 12.4 Å². The third-order valence-electron chi connectivity index (χ3n) is 3.44. The number of aromatic hydroxyl groups is 1. The van der Waals surface area contributed by atoms with Crippen LogP contribution in [0.1, 0.15) is 24.1 Å². The summed E-state index contributed by atoms with van der Waals surface area (Å²) in [5.41, 5.74) is 1.28. The van der Waals surface area contributed by atoms with E-state index in [0.29, 0.717) is 11.1 Å². The molecule has 0 saturated carbocycles. The highest BCUT2D eigenvalue weighted by Crippen LogP contribution is 2.31. The Hall–Kier alpha value is -0.840. The van der Waals surface area contributed by atoms with E-state index in [1.165, 1.54) is 12.1 Å². The maximum Gasteiger partial charge on any atom is 0.124 e. The van der Waals surface area contributed by atoms with Gasteiger partial charge < -0.3 is 10.4 Å². The van der Waals surface area contributed by atoms with Crippen LogP contribution in [0, 0.1) is 12.7 Å². The molecule has 1 aliphatic rings. The van der Waals surface area contributed by atoms with Crippen molar-refractivity contribution in [2.24, 2.45) is 0 Å². The van der Waals surface area contributed by atoms with Crippen molar-refractivity contribution in [3.63, 3.8) is 0 Å². The molecule has 1 aliphatic heterocycles. The first-order valence-electron chi connectivity index (χ1n) is 6.03. The second kappa shape index (κ2) is 6.36. The number of phenolic OH excluding ortho intramolecular Hbond substituents is 1. The highest BCUT2D eigenvalue weighted by atomic mass is 35.5. The monoisotopic (exact) mass is 274 g/mol. The number of halogens is 2. The van der Waals surface area contributed by atoms with Crippen LogP contribution in [0.5, 0.6) is 5.75 Å². The smallest absolute Gasteiger partial charge is 0.124 e. The maximum atomic E-state index is 13.4. The SMILES string of the molecule is Cc1cc(F)cc([C@@H](C)N2CCNCC2)c1O.Cl. The lowest BCUT2D eigenvalue weighted by Crippen LogP contribution is -2.44. The minimum Gasteiger partial charge on any atom is -0.507 e. The van der Waals surface area contributed by atoms with E-state index in [1.54, 1.807) is 6.92 Å². The van der Waals surface area contributed by atoms with Crippen molar-refractivity contribution in [3.8, 4) is 5.75 Å². The number of hydrogen-bond donors (Lipinski definition) is 2. The summed E-state index contributed by atoms with van der Waals surface area (Å²) in [6.07, 6.45) is 0. The van der Waals surface area contributed by atoms with Gasteiger partial charge in [-0.1, -0.05) is 0 Å². The fraction of sp³-hybridized carbons (Fsp3) is 0.538. The molecular formula is C13H20ClFN2O. The predicted octanol–water partition coefficient (Wildman–Crippen LogP) is 2.23. The summed E-state index contributed by atoms with van der Waals surface area (Å²) in [4.78, 5) is 2.25. The van der Waals surface area contributed by atoms with Crippen molar-refractivity contribution < 1.29 is 9.50 Å². The molecule has 2 N–H and O–H groups in total. The standard InChI is InChI=1S/C13H19FN2O.ClH/c1-9-7-11(14)8-12(13(9)17)10(2)16-5-3-15-4-6-16;/h7-8,10,15,17H,3-6H2,1-2H3;1H/t10-;/m1./s1. The largest absolute Gasteiger partial charge is 0.507 e. The molecule has 1 aromatic rings. The molecule has 2 rings (SSSR count). The molecule has 18 heavy (non-hydrogen) atoms. The molecule has 5 heteroatoms. The Morgan fingerprint density at radius 2 is 1.94 bits per heavy atom. The van der Waals surface area contributed by atoms with Gasteiger partial charge in [-0.2, -0.15) is 0 Å². The first kappa shape index (κ1) is 15.2. The molecule has 1 saturated heterocycles. The molecule has 0 radical (unpaired) electrons. The normalized spacial score (nSPS) is 18.2. The van der Waals surface area contributed by atoms with Crippen molar-refractivity contribution in [3.05, 3.63) is 29.1 Å². The second-order valence-corrected chi connectivity index (χ2v) is 4.62. The van der Waals surface area contributed by atoms with Gasteiger partial charge in [0.1, 0.15) is 11.6 Å². The van der Waals surface area contributed by atoms with Crippen LogP contribution in [0.25, 0.3) is 0 Å².